The number of urea groups is 1. The second kappa shape index (κ2) is 15.7. The molecule has 2 aliphatic heterocycles. The first-order valence-electron chi connectivity index (χ1n) is 16.6. The van der Waals surface area contributed by atoms with Crippen LogP contribution in [0.25, 0.3) is 11.1 Å². The van der Waals surface area contributed by atoms with Crippen LogP contribution in [0.4, 0.5) is 4.79 Å². The Morgan fingerprint density at radius 1 is 0.809 bits per heavy atom. The van der Waals surface area contributed by atoms with Crippen molar-refractivity contribution < 1.29 is 24.5 Å². The summed E-state index contributed by atoms with van der Waals surface area (Å²) in [4.78, 5) is 14.9. The molecule has 0 spiro atoms. The lowest BCUT2D eigenvalue weighted by Crippen LogP contribution is -2.46. The predicted octanol–water partition coefficient (Wildman–Crippen LogP) is 6.09. The molecule has 4 aromatic rings. The summed E-state index contributed by atoms with van der Waals surface area (Å²) in [7, 11) is 0. The van der Waals surface area contributed by atoms with Crippen LogP contribution in [0, 0.1) is 5.92 Å². The molecule has 0 aliphatic carbocycles. The summed E-state index contributed by atoms with van der Waals surface area (Å²) >= 11 is 0. The molecule has 0 bridgehead atoms. The molecule has 2 heterocycles. The van der Waals surface area contributed by atoms with Crippen molar-refractivity contribution >= 4 is 6.03 Å². The average Bonchev–Trinajstić information content (AvgIpc) is 3.58. The summed E-state index contributed by atoms with van der Waals surface area (Å²) in [6, 6.07) is 34.1. The van der Waals surface area contributed by atoms with Crippen molar-refractivity contribution in [2.24, 2.45) is 5.92 Å². The van der Waals surface area contributed by atoms with E-state index in [-0.39, 0.29) is 43.4 Å². The third-order valence-corrected chi connectivity index (χ3v) is 9.49. The summed E-state index contributed by atoms with van der Waals surface area (Å²) in [6.45, 7) is 4.88. The normalized spacial score (nSPS) is 23.0. The van der Waals surface area contributed by atoms with Gasteiger partial charge in [-0.25, -0.2) is 4.79 Å². The molecular weight excluding hydrogens is 590 g/mol. The zero-order valence-electron chi connectivity index (χ0n) is 26.9. The lowest BCUT2D eigenvalue weighted by molar-refractivity contribution is -0.276. The van der Waals surface area contributed by atoms with Crippen LogP contribution in [0.3, 0.4) is 0 Å². The van der Waals surface area contributed by atoms with Gasteiger partial charge in [0.05, 0.1) is 25.4 Å². The van der Waals surface area contributed by atoms with E-state index in [4.69, 9.17) is 9.47 Å². The maximum Gasteiger partial charge on any atom is 0.315 e. The van der Waals surface area contributed by atoms with Crippen LogP contribution >= 0.6 is 0 Å². The van der Waals surface area contributed by atoms with Crippen molar-refractivity contribution in [2.45, 2.75) is 64.0 Å². The van der Waals surface area contributed by atoms with Gasteiger partial charge < -0.3 is 30.3 Å². The highest BCUT2D eigenvalue weighted by Gasteiger charge is 2.40. The molecule has 2 amide bonds. The minimum absolute atomic E-state index is 0.000220. The molecule has 8 heteroatoms. The lowest BCUT2D eigenvalue weighted by Gasteiger charge is -2.43. The van der Waals surface area contributed by atoms with Gasteiger partial charge in [0, 0.05) is 37.2 Å². The van der Waals surface area contributed by atoms with E-state index in [0.29, 0.717) is 13.1 Å². The molecule has 5 atom stereocenters. The molecule has 4 aromatic carbocycles. The Kier molecular flexibility index (Phi) is 11.0. The molecule has 0 saturated carbocycles. The number of aliphatic hydroxyl groups is 2. The van der Waals surface area contributed by atoms with Crippen molar-refractivity contribution in [1.29, 1.82) is 0 Å². The van der Waals surface area contributed by atoms with Crippen molar-refractivity contribution in [2.75, 3.05) is 19.7 Å². The number of hydrogen-bond donors (Lipinski definition) is 4. The largest absolute Gasteiger partial charge is 0.395 e. The van der Waals surface area contributed by atoms with E-state index in [2.05, 4.69) is 52.8 Å². The molecular formula is C39H45N3O5. The minimum atomic E-state index is -0.562. The number of carbonyl (C=O) groups excluding carboxylic acids is 1. The van der Waals surface area contributed by atoms with Crippen LogP contribution in [0.2, 0.25) is 0 Å². The molecule has 246 valence electrons. The highest BCUT2D eigenvalue weighted by Crippen LogP contribution is 2.42. The predicted molar refractivity (Wildman–Crippen MR) is 182 cm³/mol. The van der Waals surface area contributed by atoms with E-state index in [1.165, 1.54) is 0 Å². The van der Waals surface area contributed by atoms with E-state index in [1.54, 1.807) is 0 Å². The molecule has 0 aromatic heterocycles. The molecule has 2 aliphatic rings. The Hall–Kier alpha value is -4.05. The maximum absolute atomic E-state index is 12.5. The summed E-state index contributed by atoms with van der Waals surface area (Å²) in [5.74, 6) is 0.0784. The Morgan fingerprint density at radius 3 is 2.26 bits per heavy atom. The zero-order chi connectivity index (χ0) is 32.6. The monoisotopic (exact) mass is 635 g/mol. The van der Waals surface area contributed by atoms with E-state index in [0.717, 1.165) is 64.9 Å². The maximum atomic E-state index is 12.5. The average molecular weight is 636 g/mol. The van der Waals surface area contributed by atoms with Crippen molar-refractivity contribution in [1.82, 2.24) is 15.5 Å². The minimum Gasteiger partial charge on any atom is -0.395 e. The van der Waals surface area contributed by atoms with Gasteiger partial charge in [-0.2, -0.15) is 0 Å². The van der Waals surface area contributed by atoms with Crippen LogP contribution in [-0.4, -0.2) is 53.0 Å². The molecule has 4 N–H and O–H groups in total. The zero-order valence-corrected chi connectivity index (χ0v) is 26.9. The fourth-order valence-corrected chi connectivity index (χ4v) is 6.69. The quantitative estimate of drug-likeness (QED) is 0.159. The SMILES string of the molecule is C[C@H]1[C@@H](CN2CCC[C@H]2CO)O[C@@H](c2ccc(-c3ccccc3CNC(=O)NCc3ccccc3)cc2)O[C@H]1c1ccc(CO)cc1. The highest BCUT2D eigenvalue weighted by atomic mass is 16.7. The lowest BCUT2D eigenvalue weighted by atomic mass is 9.89. The summed E-state index contributed by atoms with van der Waals surface area (Å²) < 4.78 is 13.4. The first-order valence-corrected chi connectivity index (χ1v) is 16.6. The third-order valence-electron chi connectivity index (χ3n) is 9.49. The molecule has 47 heavy (non-hydrogen) atoms. The van der Waals surface area contributed by atoms with Gasteiger partial charge in [0.2, 0.25) is 0 Å². The van der Waals surface area contributed by atoms with Crippen LogP contribution < -0.4 is 10.6 Å². The van der Waals surface area contributed by atoms with Crippen molar-refractivity contribution in [3.63, 3.8) is 0 Å². The first-order chi connectivity index (χ1) is 23.0. The Morgan fingerprint density at radius 2 is 1.51 bits per heavy atom. The van der Waals surface area contributed by atoms with Crippen LogP contribution in [0.1, 0.15) is 60.0 Å². The third kappa shape index (κ3) is 8.09. The number of amides is 2. The number of nitrogens with zero attached hydrogens (tertiary/aromatic N) is 1. The van der Waals surface area contributed by atoms with Gasteiger partial charge in [0.1, 0.15) is 0 Å². The van der Waals surface area contributed by atoms with Crippen LogP contribution in [-0.2, 0) is 29.2 Å². The first kappa shape index (κ1) is 32.9. The van der Waals surface area contributed by atoms with Gasteiger partial charge in [-0.05, 0) is 52.8 Å². The molecule has 6 rings (SSSR count). The van der Waals surface area contributed by atoms with Crippen LogP contribution in [0.5, 0.6) is 0 Å². The van der Waals surface area contributed by atoms with Gasteiger partial charge in [0.15, 0.2) is 6.29 Å². The van der Waals surface area contributed by atoms with Gasteiger partial charge in [-0.3, -0.25) is 4.90 Å². The topological polar surface area (TPSA) is 103 Å². The smallest absolute Gasteiger partial charge is 0.315 e. The number of rotatable bonds is 11. The fourth-order valence-electron chi connectivity index (χ4n) is 6.69. The Bertz CT molecular complexity index is 1580. The summed E-state index contributed by atoms with van der Waals surface area (Å²) in [6.07, 6.45) is 1.23. The number of ether oxygens (including phenoxy) is 2. The van der Waals surface area contributed by atoms with Gasteiger partial charge in [-0.15, -0.1) is 0 Å². The number of benzene rings is 4. The van der Waals surface area contributed by atoms with E-state index < -0.39 is 6.29 Å². The van der Waals surface area contributed by atoms with Gasteiger partial charge >= 0.3 is 6.03 Å². The molecule has 0 radical (unpaired) electrons. The second-order valence-corrected chi connectivity index (χ2v) is 12.6. The molecule has 2 saturated heterocycles. The summed E-state index contributed by atoms with van der Waals surface area (Å²) in [5, 5.41) is 25.4. The number of nitrogens with one attached hydrogen (secondary N) is 2. The number of aliphatic hydroxyl groups excluding tert-OH is 2. The molecule has 2 fully saturated rings. The van der Waals surface area contributed by atoms with Crippen molar-refractivity contribution in [3.05, 3.63) is 131 Å². The summed E-state index contributed by atoms with van der Waals surface area (Å²) in [5.41, 5.74) is 7.00. The number of likely N-dealkylation sites (tertiary alicyclic amines) is 1. The van der Waals surface area contributed by atoms with E-state index >= 15 is 0 Å². The van der Waals surface area contributed by atoms with Gasteiger partial charge in [0.25, 0.3) is 0 Å². The number of carbonyl (C=O) groups is 1. The molecule has 0 unspecified atom stereocenters. The number of hydrogen-bond acceptors (Lipinski definition) is 6. The second-order valence-electron chi connectivity index (χ2n) is 12.6. The van der Waals surface area contributed by atoms with Crippen molar-refractivity contribution in [3.8, 4) is 11.1 Å². The van der Waals surface area contributed by atoms with E-state index in [9.17, 15) is 15.0 Å². The van der Waals surface area contributed by atoms with E-state index in [1.807, 2.05) is 72.8 Å². The Balaban J connectivity index is 1.17. The van der Waals surface area contributed by atoms with Gasteiger partial charge in [-0.1, -0.05) is 110 Å². The standard InChI is InChI=1S/C39H45N3O5/c1-27-36(24-42-21-7-11-34(42)26-44)46-38(47-37(27)31-15-13-29(25-43)14-16-31)32-19-17-30(18-20-32)35-12-6-5-10-33(35)23-41-39(45)40-22-28-8-3-2-4-9-28/h2-6,8-10,12-20,27,34,36-38,43-44H,7,11,21-26H2,1H3,(H2,40,41,45)/t27-,34-,36+,37+,38+/m0/s1. The van der Waals surface area contributed by atoms with Crippen LogP contribution in [0.15, 0.2) is 103 Å². The Labute approximate surface area is 277 Å². The molecule has 8 nitrogen and oxygen atoms in total. The highest BCUT2D eigenvalue weighted by molar-refractivity contribution is 5.75. The fraction of sp³-hybridized carbons (Fsp3) is 0.359.